The minimum absolute atomic E-state index is 0.0310. The molecule has 1 aliphatic rings. The molecule has 3 aromatic rings. The van der Waals surface area contributed by atoms with Crippen LogP contribution < -0.4 is 0 Å². The highest BCUT2D eigenvalue weighted by molar-refractivity contribution is 7.94. The number of ether oxygens (including phenoxy) is 1. The molecule has 0 bridgehead atoms. The third-order valence-corrected chi connectivity index (χ3v) is 5.46. The zero-order valence-electron chi connectivity index (χ0n) is 14.5. The van der Waals surface area contributed by atoms with Gasteiger partial charge in [0.1, 0.15) is 41.7 Å². The molecule has 1 fully saturated rings. The number of carboxylic acid groups (broad SMARTS) is 1. The van der Waals surface area contributed by atoms with Crippen molar-refractivity contribution in [1.29, 1.82) is 0 Å². The molecule has 0 saturated carbocycles. The van der Waals surface area contributed by atoms with Crippen molar-refractivity contribution in [3.63, 3.8) is 0 Å². The number of hydrogen-bond acceptors (Lipinski definition) is 6. The van der Waals surface area contributed by atoms with Crippen molar-refractivity contribution >= 4 is 29.8 Å². The molecule has 0 amide bonds. The Hall–Kier alpha value is -2.69. The van der Waals surface area contributed by atoms with E-state index >= 15 is 0 Å². The Kier molecular flexibility index (Phi) is 5.15. The lowest BCUT2D eigenvalue weighted by Crippen LogP contribution is -2.22. The van der Waals surface area contributed by atoms with Gasteiger partial charge in [0.25, 0.3) is 0 Å². The Morgan fingerprint density at radius 2 is 2.14 bits per heavy atom. The van der Waals surface area contributed by atoms with Crippen LogP contribution in [0.4, 0.5) is 13.6 Å². The first-order valence-corrected chi connectivity index (χ1v) is 9.36. The third-order valence-electron chi connectivity index (χ3n) is 4.42. The van der Waals surface area contributed by atoms with E-state index in [1.807, 2.05) is 0 Å². The number of hydrogen-bond donors (Lipinski definition) is 1. The van der Waals surface area contributed by atoms with Crippen molar-refractivity contribution in [3.05, 3.63) is 76.6 Å². The van der Waals surface area contributed by atoms with Gasteiger partial charge in [0.15, 0.2) is 0 Å². The smallest absolute Gasteiger partial charge is 0.449 e. The molecule has 2 heterocycles. The Labute approximate surface area is 172 Å². The van der Waals surface area contributed by atoms with Crippen LogP contribution >= 0.6 is 23.6 Å². The summed E-state index contributed by atoms with van der Waals surface area (Å²) in [5, 5.41) is 13.3. The molecule has 29 heavy (non-hydrogen) atoms. The predicted molar refractivity (Wildman–Crippen MR) is 98.3 cm³/mol. The van der Waals surface area contributed by atoms with Gasteiger partial charge in [0, 0.05) is 22.2 Å². The Morgan fingerprint density at radius 1 is 1.34 bits per heavy atom. The molecule has 4 rings (SSSR count). The minimum atomic E-state index is -1.50. The van der Waals surface area contributed by atoms with Crippen LogP contribution in [0.5, 0.6) is 0 Å². The van der Waals surface area contributed by atoms with E-state index in [-0.39, 0.29) is 17.3 Å². The van der Waals surface area contributed by atoms with Gasteiger partial charge in [-0.1, -0.05) is 35.9 Å². The average molecular weight is 440 g/mol. The SMILES string of the molecule is O=C(O)OSc1ncnn1C[C@]1(c2ccc(F)cc2F)O[C@@H]1c1ccccc1Cl. The van der Waals surface area contributed by atoms with Crippen LogP contribution in [0.25, 0.3) is 0 Å². The maximum absolute atomic E-state index is 14.7. The maximum Gasteiger partial charge on any atom is 0.518 e. The van der Waals surface area contributed by atoms with Gasteiger partial charge in [-0.05, 0) is 12.1 Å². The molecule has 150 valence electrons. The van der Waals surface area contributed by atoms with Gasteiger partial charge < -0.3 is 14.0 Å². The van der Waals surface area contributed by atoms with Gasteiger partial charge >= 0.3 is 6.16 Å². The number of nitrogens with zero attached hydrogens (tertiary/aromatic N) is 3. The average Bonchev–Trinajstić information content (AvgIpc) is 3.20. The fourth-order valence-electron chi connectivity index (χ4n) is 3.14. The summed E-state index contributed by atoms with van der Waals surface area (Å²) < 4.78 is 39.8. The molecule has 0 unspecified atom stereocenters. The molecular formula is C18H12ClF2N3O4S. The zero-order valence-corrected chi connectivity index (χ0v) is 16.0. The Morgan fingerprint density at radius 3 is 2.86 bits per heavy atom. The number of aromatic nitrogens is 3. The summed E-state index contributed by atoms with van der Waals surface area (Å²) in [6.45, 7) is -0.0310. The number of carbonyl (C=O) groups is 1. The van der Waals surface area contributed by atoms with Crippen molar-refractivity contribution < 1.29 is 27.6 Å². The first kappa shape index (κ1) is 19.6. The van der Waals surface area contributed by atoms with E-state index in [9.17, 15) is 13.6 Å². The van der Waals surface area contributed by atoms with Gasteiger partial charge in [0.05, 0.1) is 6.54 Å². The van der Waals surface area contributed by atoms with Crippen LogP contribution in [-0.2, 0) is 21.1 Å². The van der Waals surface area contributed by atoms with Crippen molar-refractivity contribution in [2.24, 2.45) is 0 Å². The fourth-order valence-corrected chi connectivity index (χ4v) is 3.81. The molecule has 7 nitrogen and oxygen atoms in total. The second-order valence-corrected chi connectivity index (χ2v) is 7.27. The molecule has 0 spiro atoms. The quantitative estimate of drug-likeness (QED) is 0.444. The van der Waals surface area contributed by atoms with E-state index in [1.165, 1.54) is 17.1 Å². The maximum atomic E-state index is 14.7. The number of epoxide rings is 1. The van der Waals surface area contributed by atoms with Crippen LogP contribution in [0.2, 0.25) is 5.02 Å². The van der Waals surface area contributed by atoms with Crippen LogP contribution in [0.15, 0.2) is 53.9 Å². The van der Waals surface area contributed by atoms with E-state index in [4.69, 9.17) is 21.4 Å². The van der Waals surface area contributed by atoms with E-state index in [1.54, 1.807) is 24.3 Å². The molecule has 11 heteroatoms. The van der Waals surface area contributed by atoms with Crippen LogP contribution in [0.3, 0.4) is 0 Å². The number of rotatable bonds is 6. The highest BCUT2D eigenvalue weighted by Gasteiger charge is 2.61. The van der Waals surface area contributed by atoms with Crippen molar-refractivity contribution in [3.8, 4) is 0 Å². The Bertz CT molecular complexity index is 1080. The van der Waals surface area contributed by atoms with Gasteiger partial charge in [-0.3, -0.25) is 0 Å². The molecule has 1 aliphatic heterocycles. The summed E-state index contributed by atoms with van der Waals surface area (Å²) in [6.07, 6.45) is -0.922. The van der Waals surface area contributed by atoms with Crippen LogP contribution in [-0.4, -0.2) is 26.0 Å². The molecule has 0 radical (unpaired) electrons. The highest BCUT2D eigenvalue weighted by Crippen LogP contribution is 2.59. The van der Waals surface area contributed by atoms with Crippen molar-refractivity contribution in [2.75, 3.05) is 0 Å². The van der Waals surface area contributed by atoms with Gasteiger partial charge in [-0.15, -0.1) is 0 Å². The van der Waals surface area contributed by atoms with Gasteiger partial charge in [-0.25, -0.2) is 23.2 Å². The molecule has 2 atom stereocenters. The standard InChI is InChI=1S/C18H12ClF2N3O4S/c19-13-4-2-1-3-11(13)15-18(27-15,12-6-5-10(20)7-14(12)21)8-24-16(22-9-23-24)29-28-17(25)26/h1-7,9,15H,8H2,(H,25,26)/t15-,18-/m1/s1. The highest BCUT2D eigenvalue weighted by atomic mass is 35.5. The predicted octanol–water partition coefficient (Wildman–Crippen LogP) is 4.58. The summed E-state index contributed by atoms with van der Waals surface area (Å²) in [6, 6.07) is 10.2. The summed E-state index contributed by atoms with van der Waals surface area (Å²) in [4.78, 5) is 14.6. The molecule has 1 N–H and O–H groups in total. The normalized spacial score (nSPS) is 20.4. The van der Waals surface area contributed by atoms with E-state index in [2.05, 4.69) is 14.3 Å². The first-order chi connectivity index (χ1) is 13.9. The summed E-state index contributed by atoms with van der Waals surface area (Å²) in [5.41, 5.74) is -0.488. The van der Waals surface area contributed by atoms with E-state index in [0.717, 1.165) is 12.1 Å². The topological polar surface area (TPSA) is 89.8 Å². The fraction of sp³-hybridized carbons (Fsp3) is 0.167. The van der Waals surface area contributed by atoms with E-state index in [0.29, 0.717) is 22.6 Å². The molecule has 1 aromatic heterocycles. The minimum Gasteiger partial charge on any atom is -0.449 e. The van der Waals surface area contributed by atoms with Crippen LogP contribution in [0.1, 0.15) is 17.2 Å². The Balaban J connectivity index is 1.73. The summed E-state index contributed by atoms with van der Waals surface area (Å²) in [5.74, 6) is -1.50. The van der Waals surface area contributed by atoms with E-state index < -0.39 is 29.5 Å². The molecule has 2 aromatic carbocycles. The lowest BCUT2D eigenvalue weighted by Gasteiger charge is -2.16. The van der Waals surface area contributed by atoms with Crippen LogP contribution in [0, 0.1) is 11.6 Å². The second-order valence-electron chi connectivity index (χ2n) is 6.17. The van der Waals surface area contributed by atoms with Gasteiger partial charge in [0.2, 0.25) is 5.16 Å². The zero-order chi connectivity index (χ0) is 20.6. The number of benzene rings is 2. The summed E-state index contributed by atoms with van der Waals surface area (Å²) >= 11 is 6.77. The van der Waals surface area contributed by atoms with Gasteiger partial charge in [-0.2, -0.15) is 5.10 Å². The lowest BCUT2D eigenvalue weighted by molar-refractivity contribution is 0.152. The molecular weight excluding hydrogens is 428 g/mol. The molecule has 1 saturated heterocycles. The summed E-state index contributed by atoms with van der Waals surface area (Å²) in [7, 11) is 0. The second kappa shape index (κ2) is 7.62. The molecule has 0 aliphatic carbocycles. The van der Waals surface area contributed by atoms with Crippen molar-refractivity contribution in [1.82, 2.24) is 14.8 Å². The van der Waals surface area contributed by atoms with Crippen molar-refractivity contribution in [2.45, 2.75) is 23.4 Å². The largest absolute Gasteiger partial charge is 0.518 e. The third kappa shape index (κ3) is 3.78. The lowest BCUT2D eigenvalue weighted by atomic mass is 9.91. The number of halogens is 3. The first-order valence-electron chi connectivity index (χ1n) is 8.24. The monoisotopic (exact) mass is 439 g/mol.